The van der Waals surface area contributed by atoms with Gasteiger partial charge in [-0.3, -0.25) is 4.79 Å². The number of ether oxygens (including phenoxy) is 2. The summed E-state index contributed by atoms with van der Waals surface area (Å²) in [4.78, 5) is 12.6. The Hall–Kier alpha value is -3.28. The van der Waals surface area contributed by atoms with Crippen LogP contribution < -0.4 is 14.8 Å². The van der Waals surface area contributed by atoms with Crippen molar-refractivity contribution < 1.29 is 14.3 Å². The Morgan fingerprint density at radius 2 is 1.76 bits per heavy atom. The van der Waals surface area contributed by atoms with Crippen molar-refractivity contribution in [2.24, 2.45) is 0 Å². The molecule has 4 rings (SSSR count). The molecule has 2 aromatic carbocycles. The molecule has 0 saturated heterocycles. The average molecular weight is 335 g/mol. The third kappa shape index (κ3) is 3.06. The molecule has 25 heavy (non-hydrogen) atoms. The molecule has 3 aromatic rings. The van der Waals surface area contributed by atoms with Gasteiger partial charge in [0, 0.05) is 18.1 Å². The zero-order valence-corrected chi connectivity index (χ0v) is 13.6. The molecule has 126 valence electrons. The number of carbonyl (C=O) groups is 1. The number of hydrogen-bond donors (Lipinski definition) is 1. The zero-order valence-electron chi connectivity index (χ0n) is 13.6. The highest BCUT2D eigenvalue weighted by atomic mass is 16.6. The van der Waals surface area contributed by atoms with E-state index < -0.39 is 6.10 Å². The molecular weight excluding hydrogens is 318 g/mol. The van der Waals surface area contributed by atoms with Crippen LogP contribution in [0, 0.1) is 0 Å². The largest absolute Gasteiger partial charge is 0.482 e. The summed E-state index contributed by atoms with van der Waals surface area (Å²) in [5.74, 6) is 0.992. The van der Waals surface area contributed by atoms with E-state index in [2.05, 4.69) is 10.4 Å². The van der Waals surface area contributed by atoms with Crippen molar-refractivity contribution in [1.82, 2.24) is 9.78 Å². The molecule has 2 heterocycles. The Morgan fingerprint density at radius 3 is 2.44 bits per heavy atom. The second-order valence-corrected chi connectivity index (χ2v) is 5.79. The predicted molar refractivity (Wildman–Crippen MR) is 93.1 cm³/mol. The van der Waals surface area contributed by atoms with Crippen LogP contribution in [0.4, 0.5) is 5.69 Å². The maximum Gasteiger partial charge on any atom is 0.269 e. The summed E-state index contributed by atoms with van der Waals surface area (Å²) in [5, 5.41) is 7.05. The second-order valence-electron chi connectivity index (χ2n) is 5.79. The first-order chi connectivity index (χ1) is 12.2. The SMILES string of the molecule is CC1Oc2ccccc2OC1C(=O)Nc1ccc(-n2cccn2)cc1. The summed E-state index contributed by atoms with van der Waals surface area (Å²) >= 11 is 0. The van der Waals surface area contributed by atoms with Gasteiger partial charge in [0.1, 0.15) is 6.10 Å². The number of nitrogens with one attached hydrogen (secondary N) is 1. The third-order valence-electron chi connectivity index (χ3n) is 4.00. The van der Waals surface area contributed by atoms with Gasteiger partial charge in [0.25, 0.3) is 5.91 Å². The zero-order chi connectivity index (χ0) is 17.2. The first-order valence-electron chi connectivity index (χ1n) is 8.04. The van der Waals surface area contributed by atoms with Crippen LogP contribution >= 0.6 is 0 Å². The lowest BCUT2D eigenvalue weighted by atomic mass is 10.1. The molecule has 1 aromatic heterocycles. The average Bonchev–Trinajstić information content (AvgIpc) is 3.16. The minimum absolute atomic E-state index is 0.242. The van der Waals surface area contributed by atoms with E-state index in [4.69, 9.17) is 9.47 Å². The number of amides is 1. The topological polar surface area (TPSA) is 65.4 Å². The molecule has 1 N–H and O–H groups in total. The molecule has 1 aliphatic heterocycles. The van der Waals surface area contributed by atoms with E-state index in [1.807, 2.05) is 61.7 Å². The Labute approximate surface area is 145 Å². The van der Waals surface area contributed by atoms with Crippen molar-refractivity contribution in [2.45, 2.75) is 19.1 Å². The van der Waals surface area contributed by atoms with Crippen molar-refractivity contribution in [3.05, 3.63) is 67.0 Å². The Balaban J connectivity index is 1.47. The summed E-state index contributed by atoms with van der Waals surface area (Å²) in [6, 6.07) is 16.6. The van der Waals surface area contributed by atoms with Crippen LogP contribution in [0.1, 0.15) is 6.92 Å². The normalized spacial score (nSPS) is 18.6. The van der Waals surface area contributed by atoms with Gasteiger partial charge in [0.15, 0.2) is 11.5 Å². The number of anilines is 1. The molecule has 6 nitrogen and oxygen atoms in total. The van der Waals surface area contributed by atoms with Gasteiger partial charge in [0.05, 0.1) is 5.69 Å². The molecule has 0 fully saturated rings. The van der Waals surface area contributed by atoms with Crippen LogP contribution in [0.25, 0.3) is 5.69 Å². The smallest absolute Gasteiger partial charge is 0.269 e. The molecule has 0 radical (unpaired) electrons. The van der Waals surface area contributed by atoms with Gasteiger partial charge in [-0.05, 0) is 49.4 Å². The lowest BCUT2D eigenvalue weighted by Crippen LogP contribution is -2.46. The van der Waals surface area contributed by atoms with Crippen LogP contribution in [-0.2, 0) is 4.79 Å². The number of benzene rings is 2. The lowest BCUT2D eigenvalue weighted by Gasteiger charge is -2.31. The number of rotatable bonds is 3. The molecule has 2 atom stereocenters. The molecule has 0 saturated carbocycles. The quantitative estimate of drug-likeness (QED) is 0.799. The lowest BCUT2D eigenvalue weighted by molar-refractivity contribution is -0.128. The van der Waals surface area contributed by atoms with Crippen LogP contribution in [0.2, 0.25) is 0 Å². The van der Waals surface area contributed by atoms with E-state index in [0.717, 1.165) is 5.69 Å². The number of fused-ring (bicyclic) bond motifs is 1. The van der Waals surface area contributed by atoms with Gasteiger partial charge >= 0.3 is 0 Å². The summed E-state index contributed by atoms with van der Waals surface area (Å²) in [5.41, 5.74) is 1.61. The number of nitrogens with zero attached hydrogens (tertiary/aromatic N) is 2. The molecule has 0 bridgehead atoms. The Bertz CT molecular complexity index is 875. The van der Waals surface area contributed by atoms with Gasteiger partial charge < -0.3 is 14.8 Å². The van der Waals surface area contributed by atoms with Crippen molar-refractivity contribution in [3.63, 3.8) is 0 Å². The molecule has 0 aliphatic carbocycles. The molecule has 6 heteroatoms. The standard InChI is InChI=1S/C19H17N3O3/c1-13-18(25-17-6-3-2-5-16(17)24-13)19(23)21-14-7-9-15(10-8-14)22-12-4-11-20-22/h2-13,18H,1H3,(H,21,23). The molecule has 1 aliphatic rings. The fourth-order valence-corrected chi connectivity index (χ4v) is 2.74. The molecule has 2 unspecified atom stereocenters. The third-order valence-corrected chi connectivity index (χ3v) is 4.00. The maximum absolute atomic E-state index is 12.6. The van der Waals surface area contributed by atoms with E-state index in [9.17, 15) is 4.79 Å². The number of aromatic nitrogens is 2. The Morgan fingerprint density at radius 1 is 1.04 bits per heavy atom. The fourth-order valence-electron chi connectivity index (χ4n) is 2.74. The molecule has 0 spiro atoms. The summed E-state index contributed by atoms with van der Waals surface area (Å²) in [6.45, 7) is 1.82. The maximum atomic E-state index is 12.6. The van der Waals surface area contributed by atoms with E-state index in [0.29, 0.717) is 17.2 Å². The molecular formula is C19H17N3O3. The van der Waals surface area contributed by atoms with E-state index in [-0.39, 0.29) is 12.0 Å². The van der Waals surface area contributed by atoms with Crippen LogP contribution in [-0.4, -0.2) is 27.9 Å². The van der Waals surface area contributed by atoms with Crippen molar-refractivity contribution in [1.29, 1.82) is 0 Å². The van der Waals surface area contributed by atoms with Gasteiger partial charge in [-0.2, -0.15) is 5.10 Å². The summed E-state index contributed by atoms with van der Waals surface area (Å²) in [7, 11) is 0. The van der Waals surface area contributed by atoms with E-state index in [1.54, 1.807) is 16.9 Å². The highest BCUT2D eigenvalue weighted by Crippen LogP contribution is 2.33. The monoisotopic (exact) mass is 335 g/mol. The highest BCUT2D eigenvalue weighted by molar-refractivity contribution is 5.95. The van der Waals surface area contributed by atoms with E-state index >= 15 is 0 Å². The first kappa shape index (κ1) is 15.3. The van der Waals surface area contributed by atoms with Crippen LogP contribution in [0.3, 0.4) is 0 Å². The van der Waals surface area contributed by atoms with Crippen molar-refractivity contribution >= 4 is 11.6 Å². The number of para-hydroxylation sites is 2. The van der Waals surface area contributed by atoms with Crippen LogP contribution in [0.15, 0.2) is 67.0 Å². The van der Waals surface area contributed by atoms with Gasteiger partial charge in [0.2, 0.25) is 6.10 Å². The predicted octanol–water partition coefficient (Wildman–Crippen LogP) is 3.04. The van der Waals surface area contributed by atoms with Gasteiger partial charge in [-0.15, -0.1) is 0 Å². The summed E-state index contributed by atoms with van der Waals surface area (Å²) in [6.07, 6.45) is 2.49. The van der Waals surface area contributed by atoms with Crippen molar-refractivity contribution in [2.75, 3.05) is 5.32 Å². The number of hydrogen-bond acceptors (Lipinski definition) is 4. The van der Waals surface area contributed by atoms with Crippen molar-refractivity contribution in [3.8, 4) is 17.2 Å². The Kier molecular flexibility index (Phi) is 3.85. The number of carbonyl (C=O) groups excluding carboxylic acids is 1. The van der Waals surface area contributed by atoms with E-state index in [1.165, 1.54) is 0 Å². The highest BCUT2D eigenvalue weighted by Gasteiger charge is 2.34. The van der Waals surface area contributed by atoms with Gasteiger partial charge in [-0.1, -0.05) is 12.1 Å². The molecule has 1 amide bonds. The summed E-state index contributed by atoms with van der Waals surface area (Å²) < 4.78 is 13.3. The van der Waals surface area contributed by atoms with Crippen LogP contribution in [0.5, 0.6) is 11.5 Å². The minimum atomic E-state index is -0.708. The fraction of sp³-hybridized carbons (Fsp3) is 0.158. The minimum Gasteiger partial charge on any atom is -0.482 e. The first-order valence-corrected chi connectivity index (χ1v) is 8.04. The van der Waals surface area contributed by atoms with Gasteiger partial charge in [-0.25, -0.2) is 4.68 Å². The second kappa shape index (κ2) is 6.32.